The average Bonchev–Trinajstić information content (AvgIpc) is 2.79. The Balaban J connectivity index is 2.13. The van der Waals surface area contributed by atoms with Crippen LogP contribution in [-0.4, -0.2) is 4.98 Å². The minimum atomic E-state index is 0.381. The van der Waals surface area contributed by atoms with Crippen LogP contribution in [0.1, 0.15) is 17.7 Å². The van der Waals surface area contributed by atoms with Crippen molar-refractivity contribution < 1.29 is 0 Å². The lowest BCUT2D eigenvalue weighted by molar-refractivity contribution is 1.16. The second-order valence-corrected chi connectivity index (χ2v) is 6.35. The molecule has 1 aliphatic rings. The summed E-state index contributed by atoms with van der Waals surface area (Å²) in [5.74, 6) is 0.381. The summed E-state index contributed by atoms with van der Waals surface area (Å²) in [7, 11) is 0. The van der Waals surface area contributed by atoms with Crippen molar-refractivity contribution in [2.24, 2.45) is 0 Å². The molecule has 0 aliphatic heterocycles. The molecule has 4 heteroatoms. The first-order chi connectivity index (χ1) is 11.2. The second kappa shape index (κ2) is 7.35. The lowest BCUT2D eigenvalue weighted by atomic mass is 9.94. The third-order valence-corrected chi connectivity index (χ3v) is 4.44. The Morgan fingerprint density at radius 2 is 1.78 bits per heavy atom. The number of hydrogen-bond donors (Lipinski definition) is 0. The maximum Gasteiger partial charge on any atom is 0.0647 e. The van der Waals surface area contributed by atoms with Crippen molar-refractivity contribution in [1.29, 1.82) is 0 Å². The van der Waals surface area contributed by atoms with Crippen molar-refractivity contribution in [2.75, 3.05) is 0 Å². The highest BCUT2D eigenvalue weighted by Crippen LogP contribution is 2.33. The molecular formula is C19H14Cl3N. The van der Waals surface area contributed by atoms with Crippen LogP contribution in [0.2, 0.25) is 5.02 Å². The number of allylic oxidation sites excluding steroid dienone is 6. The number of hydrogen-bond acceptors (Lipinski definition) is 1. The highest BCUT2D eigenvalue weighted by atomic mass is 35.5. The van der Waals surface area contributed by atoms with Crippen LogP contribution in [-0.2, 0) is 5.88 Å². The Labute approximate surface area is 150 Å². The van der Waals surface area contributed by atoms with Gasteiger partial charge in [0, 0.05) is 21.8 Å². The summed E-state index contributed by atoms with van der Waals surface area (Å²) in [6, 6.07) is 9.83. The van der Waals surface area contributed by atoms with E-state index >= 15 is 0 Å². The van der Waals surface area contributed by atoms with E-state index in [1.807, 2.05) is 54.8 Å². The van der Waals surface area contributed by atoms with Gasteiger partial charge in [0.2, 0.25) is 0 Å². The van der Waals surface area contributed by atoms with Crippen molar-refractivity contribution in [1.82, 2.24) is 4.98 Å². The number of pyridine rings is 1. The van der Waals surface area contributed by atoms with E-state index in [4.69, 9.17) is 34.8 Å². The summed E-state index contributed by atoms with van der Waals surface area (Å²) >= 11 is 18.0. The standard InChI is InChI=1S/C19H14Cl3N/c20-11-17-10-18(14-5-8-16(22)9-6-14)19(12-23-17)13-2-1-3-15(21)7-4-13/h1,3-10,12H,2,11H2. The topological polar surface area (TPSA) is 12.9 Å². The van der Waals surface area contributed by atoms with Gasteiger partial charge in [0.05, 0.1) is 11.6 Å². The van der Waals surface area contributed by atoms with E-state index in [-0.39, 0.29) is 0 Å². The first-order valence-corrected chi connectivity index (χ1v) is 8.50. The molecular weight excluding hydrogens is 349 g/mol. The highest BCUT2D eigenvalue weighted by Gasteiger charge is 2.12. The van der Waals surface area contributed by atoms with E-state index in [1.54, 1.807) is 0 Å². The second-order valence-electron chi connectivity index (χ2n) is 5.21. The third kappa shape index (κ3) is 3.87. The fourth-order valence-corrected chi connectivity index (χ4v) is 2.92. The fraction of sp³-hybridized carbons (Fsp3) is 0.105. The van der Waals surface area contributed by atoms with Gasteiger partial charge in [0.25, 0.3) is 0 Å². The van der Waals surface area contributed by atoms with Gasteiger partial charge in [-0.1, -0.05) is 47.5 Å². The Bertz CT molecular complexity index is 802. The summed E-state index contributed by atoms with van der Waals surface area (Å²) in [5, 5.41) is 1.44. The number of rotatable bonds is 3. The van der Waals surface area contributed by atoms with Crippen LogP contribution in [0.3, 0.4) is 0 Å². The Hall–Kier alpha value is -1.54. The van der Waals surface area contributed by atoms with Gasteiger partial charge in [-0.15, -0.1) is 11.6 Å². The maximum atomic E-state index is 6.08. The maximum absolute atomic E-state index is 6.08. The van der Waals surface area contributed by atoms with Gasteiger partial charge >= 0.3 is 0 Å². The summed E-state index contributed by atoms with van der Waals surface area (Å²) in [4.78, 5) is 4.45. The van der Waals surface area contributed by atoms with Crippen LogP contribution < -0.4 is 0 Å². The molecule has 116 valence electrons. The van der Waals surface area contributed by atoms with E-state index in [0.717, 1.165) is 39.4 Å². The van der Waals surface area contributed by atoms with Crippen LogP contribution >= 0.6 is 34.8 Å². The normalized spacial score (nSPS) is 14.2. The first-order valence-electron chi connectivity index (χ1n) is 7.21. The van der Waals surface area contributed by atoms with Crippen molar-refractivity contribution >= 4 is 40.4 Å². The molecule has 3 rings (SSSR count). The lowest BCUT2D eigenvalue weighted by Gasteiger charge is -2.13. The molecule has 2 aromatic rings. The summed E-state index contributed by atoms with van der Waals surface area (Å²) in [6.07, 6.45) is 10.6. The zero-order valence-electron chi connectivity index (χ0n) is 12.3. The van der Waals surface area contributed by atoms with Gasteiger partial charge < -0.3 is 0 Å². The van der Waals surface area contributed by atoms with E-state index in [1.165, 1.54) is 0 Å². The summed E-state index contributed by atoms with van der Waals surface area (Å²) < 4.78 is 0. The lowest BCUT2D eigenvalue weighted by Crippen LogP contribution is -1.95. The van der Waals surface area contributed by atoms with E-state index in [0.29, 0.717) is 10.9 Å². The van der Waals surface area contributed by atoms with Gasteiger partial charge in [-0.3, -0.25) is 4.98 Å². The van der Waals surface area contributed by atoms with Gasteiger partial charge in [-0.25, -0.2) is 0 Å². The zero-order valence-corrected chi connectivity index (χ0v) is 14.5. The molecule has 1 aliphatic carbocycles. The zero-order chi connectivity index (χ0) is 16.2. The van der Waals surface area contributed by atoms with Crippen molar-refractivity contribution in [3.8, 4) is 11.1 Å². The molecule has 0 fully saturated rings. The van der Waals surface area contributed by atoms with Crippen molar-refractivity contribution in [3.63, 3.8) is 0 Å². The SMILES string of the molecule is ClCc1cc(-c2ccc(Cl)cc2)c(C2=CC=C(Cl)C=CC2)cn1. The van der Waals surface area contributed by atoms with Crippen molar-refractivity contribution in [2.45, 2.75) is 12.3 Å². The molecule has 0 saturated heterocycles. The van der Waals surface area contributed by atoms with Gasteiger partial charge in [0.15, 0.2) is 0 Å². The fourth-order valence-electron chi connectivity index (χ4n) is 2.50. The van der Waals surface area contributed by atoms with E-state index < -0.39 is 0 Å². The van der Waals surface area contributed by atoms with Gasteiger partial charge in [-0.05, 0) is 53.5 Å². The van der Waals surface area contributed by atoms with E-state index in [9.17, 15) is 0 Å². The molecule has 0 unspecified atom stereocenters. The molecule has 1 aromatic carbocycles. The number of benzene rings is 1. The Morgan fingerprint density at radius 1 is 1.00 bits per heavy atom. The molecule has 1 aromatic heterocycles. The van der Waals surface area contributed by atoms with Crippen molar-refractivity contribution in [3.05, 3.63) is 82.1 Å². The van der Waals surface area contributed by atoms with E-state index in [2.05, 4.69) is 11.1 Å². The first kappa shape index (κ1) is 16.3. The molecule has 23 heavy (non-hydrogen) atoms. The molecule has 0 spiro atoms. The molecule has 0 amide bonds. The molecule has 0 radical (unpaired) electrons. The largest absolute Gasteiger partial charge is 0.259 e. The highest BCUT2D eigenvalue weighted by molar-refractivity contribution is 6.31. The quantitative estimate of drug-likeness (QED) is 0.560. The number of aromatic nitrogens is 1. The number of halogens is 3. The van der Waals surface area contributed by atoms with Crippen LogP contribution in [0.25, 0.3) is 16.7 Å². The predicted molar refractivity (Wildman–Crippen MR) is 99.9 cm³/mol. The predicted octanol–water partition coefficient (Wildman–Crippen LogP) is 6.61. The molecule has 0 N–H and O–H groups in total. The van der Waals surface area contributed by atoms with Crippen LogP contribution in [0.5, 0.6) is 0 Å². The van der Waals surface area contributed by atoms with Gasteiger partial charge in [-0.2, -0.15) is 0 Å². The van der Waals surface area contributed by atoms with Crippen LogP contribution in [0, 0.1) is 0 Å². The summed E-state index contributed by atoms with van der Waals surface area (Å²) in [5.41, 5.74) is 5.27. The average molecular weight is 363 g/mol. The van der Waals surface area contributed by atoms with Gasteiger partial charge in [0.1, 0.15) is 0 Å². The molecule has 0 atom stereocenters. The molecule has 1 nitrogen and oxygen atoms in total. The van der Waals surface area contributed by atoms with Crippen LogP contribution in [0.4, 0.5) is 0 Å². The molecule has 0 bridgehead atoms. The minimum Gasteiger partial charge on any atom is -0.259 e. The number of nitrogens with zero attached hydrogens (tertiary/aromatic N) is 1. The number of alkyl halides is 1. The smallest absolute Gasteiger partial charge is 0.0647 e. The Kier molecular flexibility index (Phi) is 5.22. The minimum absolute atomic E-state index is 0.381. The van der Waals surface area contributed by atoms with Crippen LogP contribution in [0.15, 0.2) is 65.9 Å². The Morgan fingerprint density at radius 3 is 2.52 bits per heavy atom. The monoisotopic (exact) mass is 361 g/mol. The molecule has 0 saturated carbocycles. The molecule has 1 heterocycles. The third-order valence-electron chi connectivity index (χ3n) is 3.66. The summed E-state index contributed by atoms with van der Waals surface area (Å²) in [6.45, 7) is 0.